The number of aliphatic hydroxyl groups excluding tert-OH is 1. The van der Waals surface area contributed by atoms with Gasteiger partial charge in [0.25, 0.3) is 5.56 Å². The fourth-order valence-corrected chi connectivity index (χ4v) is 6.68. The highest BCUT2D eigenvalue weighted by Gasteiger charge is 2.37. The molecule has 0 spiro atoms. The minimum Gasteiger partial charge on any atom is -0.457 e. The molecule has 6 rings (SSSR count). The highest BCUT2D eigenvalue weighted by atomic mass is 19.4. The van der Waals surface area contributed by atoms with Crippen LogP contribution in [0.15, 0.2) is 59.5 Å². The van der Waals surface area contributed by atoms with E-state index in [1.165, 1.54) is 18.2 Å². The third kappa shape index (κ3) is 6.76. The summed E-state index contributed by atoms with van der Waals surface area (Å²) < 4.78 is 94.7. The first kappa shape index (κ1) is 35.2. The second kappa shape index (κ2) is 13.6. The molecule has 264 valence electrons. The Labute approximate surface area is 284 Å². The molecule has 1 saturated heterocycles. The van der Waals surface area contributed by atoms with Crippen molar-refractivity contribution in [2.45, 2.75) is 58.0 Å². The van der Waals surface area contributed by atoms with Gasteiger partial charge in [-0.05, 0) is 97.8 Å². The molecule has 1 fully saturated rings. The zero-order valence-electron chi connectivity index (χ0n) is 27.5. The topological polar surface area (TPSA) is 83.8 Å². The Morgan fingerprint density at radius 3 is 2.38 bits per heavy atom. The van der Waals surface area contributed by atoms with Gasteiger partial charge in [0.1, 0.15) is 35.3 Å². The zero-order chi connectivity index (χ0) is 36.1. The molecule has 2 atom stereocenters. The first-order valence-corrected chi connectivity index (χ1v) is 16.1. The van der Waals surface area contributed by atoms with Crippen LogP contribution in [0.1, 0.15) is 57.4 Å². The van der Waals surface area contributed by atoms with Crippen molar-refractivity contribution in [2.75, 3.05) is 26.2 Å². The average molecular weight is 700 g/mol. The second-order valence-electron chi connectivity index (χ2n) is 12.9. The highest BCUT2D eigenvalue weighted by Crippen LogP contribution is 2.41. The minimum absolute atomic E-state index is 0.000560. The first-order chi connectivity index (χ1) is 23.7. The summed E-state index contributed by atoms with van der Waals surface area (Å²) >= 11 is 0. The molecule has 0 saturated carbocycles. The van der Waals surface area contributed by atoms with E-state index in [2.05, 4.69) is 5.32 Å². The van der Waals surface area contributed by atoms with Crippen LogP contribution in [0.4, 0.5) is 26.3 Å². The number of carbonyl (C=O) groups is 1. The summed E-state index contributed by atoms with van der Waals surface area (Å²) in [4.78, 5) is 29.4. The quantitative estimate of drug-likeness (QED) is 0.215. The number of aryl methyl sites for hydroxylation is 2. The third-order valence-corrected chi connectivity index (χ3v) is 9.47. The standard InChI is InChI=1S/C37H35F6N3O4/c1-19-4-7-31-33(21(19)3)23-12-20(2)34(40)27(13-23)30(9-11-47)44-36(49)35(26-14-25(50-31)5-6-29(26)39)46-16-22(8-10-45-17-24(38)18-45)28(15-32(46)48)37(41,42)43/h4-7,12-16,24,30,35,47H,8-11,17-18H2,1-3H3,(H,44,49)/t30-,35-/m0/s1. The number of hydrogen-bond acceptors (Lipinski definition) is 5. The molecule has 13 heteroatoms. The van der Waals surface area contributed by atoms with E-state index >= 15 is 8.78 Å². The van der Waals surface area contributed by atoms with Gasteiger partial charge in [0.2, 0.25) is 5.91 Å². The maximum atomic E-state index is 15.9. The number of hydrogen-bond donors (Lipinski definition) is 2. The van der Waals surface area contributed by atoms with Gasteiger partial charge in [0, 0.05) is 55.2 Å². The maximum Gasteiger partial charge on any atom is 0.416 e. The number of fused-ring (bicyclic) bond motifs is 6. The van der Waals surface area contributed by atoms with Crippen molar-refractivity contribution >= 4 is 5.91 Å². The van der Waals surface area contributed by atoms with Gasteiger partial charge in [-0.25, -0.2) is 13.2 Å². The van der Waals surface area contributed by atoms with Crippen molar-refractivity contribution < 1.29 is 41.0 Å². The summed E-state index contributed by atoms with van der Waals surface area (Å²) in [5.74, 6) is -2.29. The van der Waals surface area contributed by atoms with Crippen molar-refractivity contribution in [3.8, 4) is 22.6 Å². The minimum atomic E-state index is -4.94. The SMILES string of the molecule is Cc1ccc2c(c1C)-c1cc(C)c(F)c(c1)[C@H](CCO)NC(=O)[C@@H](n1cc(CCN3CC(F)C3)c(C(F)(F)F)cc1=O)c1cc(ccc1F)O2. The molecule has 2 N–H and O–H groups in total. The molecule has 7 nitrogen and oxygen atoms in total. The molecule has 3 aromatic carbocycles. The number of likely N-dealkylation sites (tertiary alicyclic amines) is 1. The van der Waals surface area contributed by atoms with E-state index in [1.54, 1.807) is 24.0 Å². The molecule has 4 bridgehead atoms. The van der Waals surface area contributed by atoms with Crippen LogP contribution in [-0.2, 0) is 17.4 Å². The lowest BCUT2D eigenvalue weighted by Crippen LogP contribution is -2.49. The maximum absolute atomic E-state index is 15.9. The number of carbonyl (C=O) groups excluding carboxylic acids is 1. The van der Waals surface area contributed by atoms with Gasteiger partial charge in [-0.2, -0.15) is 13.2 Å². The highest BCUT2D eigenvalue weighted by molar-refractivity contribution is 5.85. The van der Waals surface area contributed by atoms with Gasteiger partial charge in [-0.3, -0.25) is 19.1 Å². The van der Waals surface area contributed by atoms with E-state index in [1.807, 2.05) is 19.9 Å². The smallest absolute Gasteiger partial charge is 0.416 e. The molecule has 3 heterocycles. The molecule has 2 aliphatic heterocycles. The summed E-state index contributed by atoms with van der Waals surface area (Å²) in [6.45, 7) is 4.94. The van der Waals surface area contributed by atoms with Crippen LogP contribution in [0.2, 0.25) is 0 Å². The monoisotopic (exact) mass is 699 g/mol. The van der Waals surface area contributed by atoms with Crippen LogP contribution < -0.4 is 15.6 Å². The van der Waals surface area contributed by atoms with Crippen LogP contribution in [0.3, 0.4) is 0 Å². The number of alkyl halides is 4. The number of aromatic nitrogens is 1. The van der Waals surface area contributed by atoms with Crippen LogP contribution in [0.5, 0.6) is 11.5 Å². The molecule has 4 aromatic rings. The number of nitrogens with one attached hydrogen (secondary N) is 1. The number of pyridine rings is 1. The fourth-order valence-electron chi connectivity index (χ4n) is 6.68. The van der Waals surface area contributed by atoms with Gasteiger partial charge >= 0.3 is 6.18 Å². The van der Waals surface area contributed by atoms with Crippen molar-refractivity contribution in [2.24, 2.45) is 0 Å². The van der Waals surface area contributed by atoms with Gasteiger partial charge in [-0.15, -0.1) is 0 Å². The Balaban J connectivity index is 1.58. The van der Waals surface area contributed by atoms with E-state index in [0.29, 0.717) is 27.5 Å². The molecular formula is C37H35F6N3O4. The van der Waals surface area contributed by atoms with Gasteiger partial charge in [0.15, 0.2) is 0 Å². The van der Waals surface area contributed by atoms with Crippen LogP contribution in [-0.4, -0.2) is 52.9 Å². The predicted molar refractivity (Wildman–Crippen MR) is 174 cm³/mol. The van der Waals surface area contributed by atoms with Gasteiger partial charge in [0.05, 0.1) is 11.6 Å². The van der Waals surface area contributed by atoms with Crippen molar-refractivity contribution in [1.29, 1.82) is 0 Å². The Morgan fingerprint density at radius 2 is 1.70 bits per heavy atom. The Bertz CT molecular complexity index is 2020. The lowest BCUT2D eigenvalue weighted by molar-refractivity contribution is -0.138. The van der Waals surface area contributed by atoms with E-state index in [4.69, 9.17) is 4.74 Å². The number of ether oxygens (including phenoxy) is 1. The molecular weight excluding hydrogens is 664 g/mol. The molecule has 0 aliphatic carbocycles. The third-order valence-electron chi connectivity index (χ3n) is 9.47. The van der Waals surface area contributed by atoms with Crippen molar-refractivity contribution in [3.63, 3.8) is 0 Å². The zero-order valence-corrected chi connectivity index (χ0v) is 27.5. The fraction of sp³-hybridized carbons (Fsp3) is 0.351. The number of nitrogens with zero attached hydrogens (tertiary/aromatic N) is 2. The van der Waals surface area contributed by atoms with Crippen molar-refractivity contribution in [3.05, 3.63) is 116 Å². The second-order valence-corrected chi connectivity index (χ2v) is 12.9. The van der Waals surface area contributed by atoms with Crippen LogP contribution in [0.25, 0.3) is 11.1 Å². The largest absolute Gasteiger partial charge is 0.457 e. The summed E-state index contributed by atoms with van der Waals surface area (Å²) in [6, 6.07) is 7.47. The predicted octanol–water partition coefficient (Wildman–Crippen LogP) is 6.87. The normalized spacial score (nSPS) is 18.2. The van der Waals surface area contributed by atoms with Crippen LogP contribution in [0, 0.1) is 32.4 Å². The first-order valence-electron chi connectivity index (χ1n) is 16.1. The molecule has 2 aliphatic rings. The van der Waals surface area contributed by atoms with Gasteiger partial charge in [-0.1, -0.05) is 6.07 Å². The summed E-state index contributed by atoms with van der Waals surface area (Å²) in [6.07, 6.45) is -5.58. The Hall–Kier alpha value is -4.62. The summed E-state index contributed by atoms with van der Waals surface area (Å²) in [5, 5.41) is 12.7. The Morgan fingerprint density at radius 1 is 0.960 bits per heavy atom. The molecule has 50 heavy (non-hydrogen) atoms. The summed E-state index contributed by atoms with van der Waals surface area (Å²) in [5.41, 5.74) is -0.139. The number of halogens is 6. The average Bonchev–Trinajstić information content (AvgIpc) is 3.04. The van der Waals surface area contributed by atoms with E-state index in [0.717, 1.165) is 23.4 Å². The van der Waals surface area contributed by atoms with E-state index < -0.39 is 65.3 Å². The molecule has 1 amide bonds. The Kier molecular flexibility index (Phi) is 9.57. The number of rotatable bonds is 6. The number of aliphatic hydroxyl groups is 1. The van der Waals surface area contributed by atoms with Gasteiger partial charge < -0.3 is 15.2 Å². The van der Waals surface area contributed by atoms with Crippen molar-refractivity contribution in [1.82, 2.24) is 14.8 Å². The molecule has 1 aromatic heterocycles. The molecule has 0 unspecified atom stereocenters. The van der Waals surface area contributed by atoms with E-state index in [-0.39, 0.29) is 54.9 Å². The van der Waals surface area contributed by atoms with E-state index in [9.17, 15) is 32.3 Å². The van der Waals surface area contributed by atoms with Crippen LogP contribution >= 0.6 is 0 Å². The number of amides is 1. The lowest BCUT2D eigenvalue weighted by atomic mass is 9.90. The molecule has 0 radical (unpaired) electrons. The summed E-state index contributed by atoms with van der Waals surface area (Å²) in [7, 11) is 0. The number of benzene rings is 3. The lowest BCUT2D eigenvalue weighted by Gasteiger charge is -2.34.